The molecule has 0 aromatic heterocycles. The van der Waals surface area contributed by atoms with E-state index in [9.17, 15) is 50.8 Å². The number of carbonyl (C=O) groups is 4. The van der Waals surface area contributed by atoms with E-state index in [4.69, 9.17) is 4.74 Å². The monoisotopic (exact) mass is 577 g/mol. The number of nitrogens with zero attached hydrogens (tertiary/aromatic N) is 3. The Bertz CT molecular complexity index is 1280. The first kappa shape index (κ1) is 30.5. The third-order valence-electron chi connectivity index (χ3n) is 6.49. The molecule has 2 heterocycles. The van der Waals surface area contributed by atoms with Crippen LogP contribution in [0.4, 0.5) is 32.0 Å². The predicted octanol–water partition coefficient (Wildman–Crippen LogP) is 2.19. The Morgan fingerprint density at radius 3 is 2.45 bits per heavy atom. The summed E-state index contributed by atoms with van der Waals surface area (Å²) >= 11 is 0. The molecule has 0 radical (unpaired) electrons. The number of carbonyl (C=O) groups excluding carboxylic acids is 4. The van der Waals surface area contributed by atoms with E-state index in [0.717, 1.165) is 38.8 Å². The normalized spacial score (nSPS) is 22.0. The summed E-state index contributed by atoms with van der Waals surface area (Å²) in [6.07, 6.45) is -6.43. The highest BCUT2D eigenvalue weighted by Crippen LogP contribution is 2.42. The van der Waals surface area contributed by atoms with Gasteiger partial charge in [0, 0.05) is 32.0 Å². The Labute approximate surface area is 224 Å². The standard InChI is InChI=1S/C24H25F6N5O5/c1-11(32-21(39)24(28,29)30)18(36)34(4)15(8-22(2,3)27)19(37)35-10-23(7-13(35)9-31)20(38)33-17-14(26)5-12(25)6-16(17)40-23/h5-6,11,13,15H,7-8,10H2,1-4H3,(H,32,39)(H,33,38)/t11-,13-,15-,23+/m0/s1. The number of ether oxygens (including phenoxy) is 1. The van der Waals surface area contributed by atoms with Gasteiger partial charge in [-0.25, -0.2) is 13.2 Å². The Balaban J connectivity index is 1.91. The first-order valence-electron chi connectivity index (χ1n) is 11.8. The van der Waals surface area contributed by atoms with Gasteiger partial charge in [0.15, 0.2) is 11.6 Å². The predicted molar refractivity (Wildman–Crippen MR) is 124 cm³/mol. The summed E-state index contributed by atoms with van der Waals surface area (Å²) in [5.41, 5.74) is -4.54. The zero-order chi connectivity index (χ0) is 30.4. The van der Waals surface area contributed by atoms with Gasteiger partial charge in [-0.05, 0) is 20.8 Å². The fraction of sp³-hybridized carbons (Fsp3) is 0.542. The zero-order valence-corrected chi connectivity index (χ0v) is 21.7. The van der Waals surface area contributed by atoms with Crippen molar-refractivity contribution in [3.8, 4) is 11.8 Å². The highest BCUT2D eigenvalue weighted by molar-refractivity contribution is 6.02. The molecular weight excluding hydrogens is 552 g/mol. The number of hydrogen-bond acceptors (Lipinski definition) is 6. The molecule has 218 valence electrons. The van der Waals surface area contributed by atoms with E-state index in [1.54, 1.807) is 6.07 Å². The summed E-state index contributed by atoms with van der Waals surface area (Å²) in [7, 11) is 1.01. The number of likely N-dealkylation sites (N-methyl/N-ethyl adjacent to an activating group) is 1. The number of anilines is 1. The van der Waals surface area contributed by atoms with Crippen molar-refractivity contribution in [2.24, 2.45) is 0 Å². The second-order valence-corrected chi connectivity index (χ2v) is 10.2. The molecule has 1 saturated heterocycles. The molecule has 10 nitrogen and oxygen atoms in total. The quantitative estimate of drug-likeness (QED) is 0.499. The Hall–Kier alpha value is -4.03. The Kier molecular flexibility index (Phi) is 8.02. The molecule has 1 aromatic carbocycles. The fourth-order valence-electron chi connectivity index (χ4n) is 4.53. The molecule has 2 aliphatic heterocycles. The molecule has 2 aliphatic rings. The van der Waals surface area contributed by atoms with Crippen LogP contribution in [0, 0.1) is 23.0 Å². The molecular formula is C24H25F6N5O5. The third kappa shape index (κ3) is 6.07. The molecule has 0 aliphatic carbocycles. The van der Waals surface area contributed by atoms with Crippen LogP contribution in [-0.2, 0) is 19.2 Å². The van der Waals surface area contributed by atoms with Crippen molar-refractivity contribution in [3.05, 3.63) is 23.8 Å². The van der Waals surface area contributed by atoms with E-state index in [1.165, 1.54) is 5.32 Å². The number of nitriles is 1. The molecule has 1 spiro atoms. The average Bonchev–Trinajstić information content (AvgIpc) is 3.20. The number of hydrogen-bond donors (Lipinski definition) is 2. The van der Waals surface area contributed by atoms with Crippen molar-refractivity contribution in [2.75, 3.05) is 18.9 Å². The van der Waals surface area contributed by atoms with Crippen molar-refractivity contribution in [3.63, 3.8) is 0 Å². The van der Waals surface area contributed by atoms with Crippen LogP contribution in [0.3, 0.4) is 0 Å². The molecule has 3 rings (SSSR count). The van der Waals surface area contributed by atoms with E-state index in [-0.39, 0.29) is 0 Å². The maximum atomic E-state index is 14.8. The molecule has 40 heavy (non-hydrogen) atoms. The summed E-state index contributed by atoms with van der Waals surface area (Å²) in [6, 6.07) is -1.74. The lowest BCUT2D eigenvalue weighted by atomic mass is 9.97. The van der Waals surface area contributed by atoms with Crippen LogP contribution in [0.15, 0.2) is 12.1 Å². The van der Waals surface area contributed by atoms with Crippen LogP contribution in [-0.4, -0.2) is 82.6 Å². The zero-order valence-electron chi connectivity index (χ0n) is 21.7. The number of halogens is 6. The number of fused-ring (bicyclic) bond motifs is 1. The van der Waals surface area contributed by atoms with Crippen molar-refractivity contribution in [1.82, 2.24) is 15.1 Å². The minimum Gasteiger partial charge on any atom is -0.473 e. The smallest absolute Gasteiger partial charge is 0.471 e. The van der Waals surface area contributed by atoms with Crippen LogP contribution >= 0.6 is 0 Å². The van der Waals surface area contributed by atoms with Gasteiger partial charge in [-0.3, -0.25) is 19.2 Å². The number of amides is 4. The first-order valence-corrected chi connectivity index (χ1v) is 11.8. The minimum atomic E-state index is -5.29. The molecule has 0 bridgehead atoms. The Morgan fingerprint density at radius 2 is 1.90 bits per heavy atom. The number of rotatable bonds is 6. The van der Waals surface area contributed by atoms with Gasteiger partial charge in [0.25, 0.3) is 5.91 Å². The third-order valence-corrected chi connectivity index (χ3v) is 6.49. The fourth-order valence-corrected chi connectivity index (χ4v) is 4.53. The lowest BCUT2D eigenvalue weighted by molar-refractivity contribution is -0.175. The van der Waals surface area contributed by atoms with Gasteiger partial charge in [-0.2, -0.15) is 18.4 Å². The van der Waals surface area contributed by atoms with Crippen LogP contribution in [0.25, 0.3) is 0 Å². The van der Waals surface area contributed by atoms with Crippen LogP contribution in [0.2, 0.25) is 0 Å². The maximum Gasteiger partial charge on any atom is 0.471 e. The number of alkyl halides is 4. The van der Waals surface area contributed by atoms with Crippen molar-refractivity contribution in [1.29, 1.82) is 5.26 Å². The van der Waals surface area contributed by atoms with E-state index >= 15 is 0 Å². The van der Waals surface area contributed by atoms with Crippen molar-refractivity contribution < 1.29 is 50.3 Å². The lowest BCUT2D eigenvalue weighted by Crippen LogP contribution is -2.58. The van der Waals surface area contributed by atoms with Crippen LogP contribution in [0.5, 0.6) is 5.75 Å². The molecule has 2 N–H and O–H groups in total. The van der Waals surface area contributed by atoms with Gasteiger partial charge < -0.3 is 25.2 Å². The SMILES string of the molecule is C[C@H](NC(=O)C(F)(F)F)C(=O)N(C)[C@@H](CC(C)(C)F)C(=O)N1C[C@@]2(C[C@H]1C#N)Oc1cc(F)cc(F)c1NC2=O. The van der Waals surface area contributed by atoms with E-state index in [2.05, 4.69) is 5.32 Å². The van der Waals surface area contributed by atoms with Crippen molar-refractivity contribution in [2.45, 2.75) is 69.2 Å². The largest absolute Gasteiger partial charge is 0.473 e. The summed E-state index contributed by atoms with van der Waals surface area (Å²) in [5.74, 6) is -8.13. The second-order valence-electron chi connectivity index (χ2n) is 10.2. The number of nitrogens with one attached hydrogen (secondary N) is 2. The summed E-state index contributed by atoms with van der Waals surface area (Å²) in [6.45, 7) is 2.44. The van der Waals surface area contributed by atoms with Gasteiger partial charge in [0.05, 0.1) is 12.6 Å². The van der Waals surface area contributed by atoms with Crippen molar-refractivity contribution >= 4 is 29.3 Å². The van der Waals surface area contributed by atoms with Gasteiger partial charge >= 0.3 is 12.1 Å². The topological polar surface area (TPSA) is 132 Å². The molecule has 1 fully saturated rings. The number of likely N-dealkylation sites (tertiary alicyclic amines) is 1. The van der Waals surface area contributed by atoms with Gasteiger partial charge in [-0.15, -0.1) is 0 Å². The molecule has 4 amide bonds. The Morgan fingerprint density at radius 1 is 1.27 bits per heavy atom. The number of benzene rings is 1. The summed E-state index contributed by atoms with van der Waals surface area (Å²) < 4.78 is 86.3. The molecule has 4 atom stereocenters. The van der Waals surface area contributed by atoms with E-state index < -0.39 is 102 Å². The first-order chi connectivity index (χ1) is 18.3. The van der Waals surface area contributed by atoms with E-state index in [1.807, 2.05) is 0 Å². The minimum absolute atomic E-state index is 0.397. The lowest BCUT2D eigenvalue weighted by Gasteiger charge is -2.36. The summed E-state index contributed by atoms with van der Waals surface area (Å²) in [5, 5.41) is 13.4. The highest BCUT2D eigenvalue weighted by Gasteiger charge is 2.57. The average molecular weight is 577 g/mol. The molecule has 0 saturated carbocycles. The second kappa shape index (κ2) is 10.5. The van der Waals surface area contributed by atoms with Gasteiger partial charge in [-0.1, -0.05) is 0 Å². The molecule has 1 aromatic rings. The van der Waals surface area contributed by atoms with Gasteiger partial charge in [0.2, 0.25) is 17.4 Å². The van der Waals surface area contributed by atoms with Crippen LogP contribution in [0.1, 0.15) is 33.6 Å². The van der Waals surface area contributed by atoms with E-state index in [0.29, 0.717) is 11.0 Å². The van der Waals surface area contributed by atoms with Crippen LogP contribution < -0.4 is 15.4 Å². The molecule has 16 heteroatoms. The summed E-state index contributed by atoms with van der Waals surface area (Å²) in [4.78, 5) is 52.3. The maximum absolute atomic E-state index is 14.8. The molecule has 0 unspecified atom stereocenters. The van der Waals surface area contributed by atoms with Gasteiger partial charge in [0.1, 0.15) is 35.3 Å². The highest BCUT2D eigenvalue weighted by atomic mass is 19.4.